The fraction of sp³-hybridized carbons (Fsp3) is 0.600. The lowest BCUT2D eigenvalue weighted by molar-refractivity contribution is -0.155. The first-order valence-electron chi connectivity index (χ1n) is 9.84. The Labute approximate surface area is 166 Å². The van der Waals surface area contributed by atoms with Gasteiger partial charge >= 0.3 is 5.97 Å². The molecule has 0 aliphatic carbocycles. The molecular formula is C20H28N2O5S. The fourth-order valence-corrected chi connectivity index (χ4v) is 4.86. The van der Waals surface area contributed by atoms with Crippen LogP contribution in [0.25, 0.3) is 0 Å². The van der Waals surface area contributed by atoms with Crippen LogP contribution in [0.5, 0.6) is 0 Å². The van der Waals surface area contributed by atoms with E-state index in [0.717, 1.165) is 47.4 Å². The molecule has 1 fully saturated rings. The van der Waals surface area contributed by atoms with Crippen LogP contribution in [0.4, 0.5) is 0 Å². The van der Waals surface area contributed by atoms with Gasteiger partial charge in [0.2, 0.25) is 10.0 Å². The minimum absolute atomic E-state index is 0.134. The van der Waals surface area contributed by atoms with Crippen molar-refractivity contribution in [1.82, 2.24) is 9.21 Å². The van der Waals surface area contributed by atoms with Crippen molar-refractivity contribution in [2.75, 3.05) is 26.0 Å². The van der Waals surface area contributed by atoms with E-state index in [1.54, 1.807) is 4.90 Å². The minimum atomic E-state index is -3.59. The Bertz CT molecular complexity index is 816. The second-order valence-electron chi connectivity index (χ2n) is 7.55. The van der Waals surface area contributed by atoms with E-state index in [-0.39, 0.29) is 25.5 Å². The van der Waals surface area contributed by atoms with Crippen LogP contribution >= 0.6 is 0 Å². The highest BCUT2D eigenvalue weighted by Crippen LogP contribution is 2.26. The number of fused-ring (bicyclic) bond motifs is 1. The van der Waals surface area contributed by atoms with Crippen LogP contribution in [0.2, 0.25) is 0 Å². The first-order valence-corrected chi connectivity index (χ1v) is 11.7. The molecule has 0 saturated carbocycles. The number of hydrogen-bond acceptors (Lipinski definition) is 5. The van der Waals surface area contributed by atoms with E-state index in [1.807, 2.05) is 24.3 Å². The van der Waals surface area contributed by atoms with Crippen molar-refractivity contribution in [1.29, 1.82) is 0 Å². The average Bonchev–Trinajstić information content (AvgIpc) is 2.64. The highest BCUT2D eigenvalue weighted by Gasteiger charge is 2.38. The third-order valence-corrected chi connectivity index (χ3v) is 6.69. The molecule has 1 amide bonds. The molecule has 0 spiro atoms. The number of hydrogen-bond donors (Lipinski definition) is 0. The number of ether oxygens (including phenoxy) is 1. The lowest BCUT2D eigenvalue weighted by atomic mass is 9.96. The Kier molecular flexibility index (Phi) is 6.72. The van der Waals surface area contributed by atoms with Crippen LogP contribution in [-0.2, 0) is 37.3 Å². The van der Waals surface area contributed by atoms with Gasteiger partial charge in [-0.15, -0.1) is 0 Å². The quantitative estimate of drug-likeness (QED) is 0.708. The number of carbonyl (C=O) groups excluding carboxylic acids is 2. The predicted octanol–water partition coefficient (Wildman–Crippen LogP) is 1.71. The second kappa shape index (κ2) is 9.05. The molecule has 0 N–H and O–H groups in total. The van der Waals surface area contributed by atoms with Crippen molar-refractivity contribution >= 4 is 21.9 Å². The molecule has 3 rings (SSSR count). The van der Waals surface area contributed by atoms with Gasteiger partial charge in [-0.25, -0.2) is 8.42 Å². The highest BCUT2D eigenvalue weighted by atomic mass is 32.2. The van der Waals surface area contributed by atoms with Crippen molar-refractivity contribution in [3.05, 3.63) is 35.4 Å². The summed E-state index contributed by atoms with van der Waals surface area (Å²) >= 11 is 0. The maximum absolute atomic E-state index is 12.7. The van der Waals surface area contributed by atoms with Crippen LogP contribution in [0.1, 0.15) is 43.2 Å². The molecule has 154 valence electrons. The third-order valence-electron chi connectivity index (χ3n) is 5.45. The summed E-state index contributed by atoms with van der Waals surface area (Å²) in [4.78, 5) is 26.9. The molecule has 0 aromatic heterocycles. The van der Waals surface area contributed by atoms with E-state index in [1.165, 1.54) is 6.42 Å². The van der Waals surface area contributed by atoms with Gasteiger partial charge in [0.25, 0.3) is 5.91 Å². The Hall–Kier alpha value is -1.93. The number of carbonyl (C=O) groups is 2. The lowest BCUT2D eigenvalue weighted by Gasteiger charge is -2.33. The standard InChI is InChI=1S/C20H28N2O5S/c1-28(25,26)22-14-17-10-6-5-9-16(17)13-18(22)20(24)27-15-19(23)21-11-7-3-2-4-8-12-21/h5-6,9-10,18H,2-4,7-8,11-15H2,1H3/t18-/m0/s1. The molecule has 8 heteroatoms. The smallest absolute Gasteiger partial charge is 0.325 e. The first-order chi connectivity index (χ1) is 13.4. The van der Waals surface area contributed by atoms with E-state index in [0.29, 0.717) is 13.1 Å². The van der Waals surface area contributed by atoms with Crippen molar-refractivity contribution in [3.63, 3.8) is 0 Å². The van der Waals surface area contributed by atoms with Gasteiger partial charge in [0.05, 0.1) is 6.26 Å². The van der Waals surface area contributed by atoms with Crippen LogP contribution in [0.3, 0.4) is 0 Å². The fourth-order valence-electron chi connectivity index (χ4n) is 3.87. The molecule has 28 heavy (non-hydrogen) atoms. The van der Waals surface area contributed by atoms with Gasteiger partial charge in [-0.1, -0.05) is 43.5 Å². The van der Waals surface area contributed by atoms with Crippen molar-refractivity contribution in [2.45, 2.75) is 51.1 Å². The van der Waals surface area contributed by atoms with E-state index in [9.17, 15) is 18.0 Å². The zero-order valence-electron chi connectivity index (χ0n) is 16.3. The number of benzene rings is 1. The Morgan fingerprint density at radius 3 is 2.29 bits per heavy atom. The predicted molar refractivity (Wildman–Crippen MR) is 105 cm³/mol. The van der Waals surface area contributed by atoms with Gasteiger partial charge in [-0.05, 0) is 24.0 Å². The number of amides is 1. The van der Waals surface area contributed by atoms with Gasteiger partial charge in [0, 0.05) is 26.1 Å². The van der Waals surface area contributed by atoms with E-state index < -0.39 is 22.0 Å². The third kappa shape index (κ3) is 5.11. The summed E-state index contributed by atoms with van der Waals surface area (Å²) in [6.07, 6.45) is 6.67. The summed E-state index contributed by atoms with van der Waals surface area (Å²) in [6, 6.07) is 6.52. The number of esters is 1. The van der Waals surface area contributed by atoms with Crippen LogP contribution in [0, 0.1) is 0 Å². The second-order valence-corrected chi connectivity index (χ2v) is 9.49. The Morgan fingerprint density at radius 2 is 1.64 bits per heavy atom. The molecule has 7 nitrogen and oxygen atoms in total. The van der Waals surface area contributed by atoms with E-state index in [2.05, 4.69) is 0 Å². The summed E-state index contributed by atoms with van der Waals surface area (Å²) in [5.74, 6) is -0.877. The number of likely N-dealkylation sites (tertiary alicyclic amines) is 1. The molecule has 2 aliphatic rings. The molecule has 1 aromatic rings. The van der Waals surface area contributed by atoms with E-state index >= 15 is 0 Å². The molecule has 2 aliphatic heterocycles. The monoisotopic (exact) mass is 408 g/mol. The molecule has 0 unspecified atom stereocenters. The van der Waals surface area contributed by atoms with Crippen molar-refractivity contribution < 1.29 is 22.7 Å². The first kappa shape index (κ1) is 20.8. The summed E-state index contributed by atoms with van der Waals surface area (Å²) < 4.78 is 30.9. The van der Waals surface area contributed by atoms with Crippen LogP contribution < -0.4 is 0 Å². The van der Waals surface area contributed by atoms with Gasteiger partial charge in [0.1, 0.15) is 6.04 Å². The van der Waals surface area contributed by atoms with Gasteiger partial charge in [0.15, 0.2) is 6.61 Å². The Balaban J connectivity index is 1.65. The zero-order valence-corrected chi connectivity index (χ0v) is 17.1. The maximum Gasteiger partial charge on any atom is 0.325 e. The van der Waals surface area contributed by atoms with E-state index in [4.69, 9.17) is 4.74 Å². The average molecular weight is 409 g/mol. The summed E-state index contributed by atoms with van der Waals surface area (Å²) in [5.41, 5.74) is 1.81. The summed E-state index contributed by atoms with van der Waals surface area (Å²) in [5, 5.41) is 0. The molecule has 1 atom stereocenters. The topological polar surface area (TPSA) is 84.0 Å². The minimum Gasteiger partial charge on any atom is -0.454 e. The molecule has 0 bridgehead atoms. The van der Waals surface area contributed by atoms with Crippen molar-refractivity contribution in [2.24, 2.45) is 0 Å². The lowest BCUT2D eigenvalue weighted by Crippen LogP contribution is -2.49. The normalized spacial score (nSPS) is 21.3. The molecular weight excluding hydrogens is 380 g/mol. The summed E-state index contributed by atoms with van der Waals surface area (Å²) in [6.45, 7) is 1.16. The zero-order chi connectivity index (χ0) is 20.1. The maximum atomic E-state index is 12.7. The summed E-state index contributed by atoms with van der Waals surface area (Å²) in [7, 11) is -3.59. The van der Waals surface area contributed by atoms with Gasteiger partial charge < -0.3 is 9.64 Å². The SMILES string of the molecule is CS(=O)(=O)N1Cc2ccccc2C[C@H]1C(=O)OCC(=O)N1CCCCCCC1. The Morgan fingerprint density at radius 1 is 1.04 bits per heavy atom. The molecule has 1 aromatic carbocycles. The van der Waals surface area contributed by atoms with Crippen molar-refractivity contribution in [3.8, 4) is 0 Å². The molecule has 1 saturated heterocycles. The highest BCUT2D eigenvalue weighted by molar-refractivity contribution is 7.88. The van der Waals surface area contributed by atoms with Crippen LogP contribution in [-0.4, -0.2) is 61.5 Å². The number of sulfonamides is 1. The van der Waals surface area contributed by atoms with Gasteiger partial charge in [-0.3, -0.25) is 9.59 Å². The molecule has 2 heterocycles. The number of rotatable bonds is 4. The van der Waals surface area contributed by atoms with Gasteiger partial charge in [-0.2, -0.15) is 4.31 Å². The molecule has 0 radical (unpaired) electrons. The largest absolute Gasteiger partial charge is 0.454 e. The number of nitrogens with zero attached hydrogens (tertiary/aromatic N) is 2. The van der Waals surface area contributed by atoms with Crippen LogP contribution in [0.15, 0.2) is 24.3 Å².